The number of carbonyl (C=O) groups excluding carboxylic acids is 1. The fourth-order valence-corrected chi connectivity index (χ4v) is 3.86. The standard InChI is InChI=1S/C23H27N9O3/c1-12-10-31-16(9-27-12)17(28-23(31)22(26)35)20(24)29-21(25)18-19(34)13(2)30-32(18)8-7-14-3-5-15(11-33)6-4-14/h3-6,9-10,23,27,33-34H,7-8,11H2,1-2H3,(H2,26,35)(H3,24,25,29). The summed E-state index contributed by atoms with van der Waals surface area (Å²) in [5.74, 6) is -1.20. The van der Waals surface area contributed by atoms with Crippen molar-refractivity contribution < 1.29 is 15.0 Å². The highest BCUT2D eigenvalue weighted by molar-refractivity contribution is 6.48. The Bertz CT molecular complexity index is 1300. The van der Waals surface area contributed by atoms with E-state index in [4.69, 9.17) is 16.9 Å². The first-order valence-corrected chi connectivity index (χ1v) is 10.9. The van der Waals surface area contributed by atoms with Crippen LogP contribution in [0.1, 0.15) is 29.4 Å². The fourth-order valence-electron chi connectivity index (χ4n) is 3.86. The van der Waals surface area contributed by atoms with Crippen LogP contribution >= 0.6 is 0 Å². The number of allylic oxidation sites excluding steroid dienone is 1. The second-order valence-corrected chi connectivity index (χ2v) is 8.22. The molecule has 1 aromatic carbocycles. The van der Waals surface area contributed by atoms with Gasteiger partial charge in [0.15, 0.2) is 17.4 Å². The predicted molar refractivity (Wildman–Crippen MR) is 130 cm³/mol. The number of rotatable bonds is 7. The number of fused-ring (bicyclic) bond motifs is 1. The maximum absolute atomic E-state index is 11.9. The highest BCUT2D eigenvalue weighted by Gasteiger charge is 2.36. The van der Waals surface area contributed by atoms with Gasteiger partial charge in [0.1, 0.15) is 17.1 Å². The topological polar surface area (TPSA) is 191 Å². The molecule has 0 fully saturated rings. The number of primary amides is 1. The second-order valence-electron chi connectivity index (χ2n) is 8.22. The molecule has 12 nitrogen and oxygen atoms in total. The third kappa shape index (κ3) is 4.64. The van der Waals surface area contributed by atoms with E-state index in [0.29, 0.717) is 24.4 Å². The van der Waals surface area contributed by atoms with Crippen LogP contribution in [-0.2, 0) is 24.4 Å². The Morgan fingerprint density at radius 2 is 1.91 bits per heavy atom. The van der Waals surface area contributed by atoms with Crippen LogP contribution in [0.2, 0.25) is 0 Å². The van der Waals surface area contributed by atoms with Crippen molar-refractivity contribution in [2.45, 2.75) is 39.6 Å². The molecule has 0 bridgehead atoms. The minimum atomic E-state index is -0.997. The van der Waals surface area contributed by atoms with Gasteiger partial charge < -0.3 is 31.9 Å². The summed E-state index contributed by atoms with van der Waals surface area (Å²) in [5.41, 5.74) is 15.5. The summed E-state index contributed by atoms with van der Waals surface area (Å²) in [6.45, 7) is 3.84. The van der Waals surface area contributed by atoms with Crippen LogP contribution in [-0.4, -0.2) is 54.3 Å². The molecule has 0 aliphatic carbocycles. The van der Waals surface area contributed by atoms with E-state index in [9.17, 15) is 15.0 Å². The minimum Gasteiger partial charge on any atom is -0.504 e. The molecule has 8 N–H and O–H groups in total. The number of aromatic hydroxyl groups is 1. The number of aromatic nitrogens is 2. The van der Waals surface area contributed by atoms with E-state index in [2.05, 4.69) is 20.4 Å². The van der Waals surface area contributed by atoms with Gasteiger partial charge in [-0.1, -0.05) is 24.3 Å². The number of nitrogens with two attached hydrogens (primary N) is 2. The molecule has 1 aromatic heterocycles. The van der Waals surface area contributed by atoms with E-state index in [-0.39, 0.29) is 35.4 Å². The van der Waals surface area contributed by atoms with Gasteiger partial charge in [-0.3, -0.25) is 14.9 Å². The van der Waals surface area contributed by atoms with E-state index in [1.165, 1.54) is 0 Å². The van der Waals surface area contributed by atoms with Crippen LogP contribution in [0.5, 0.6) is 5.75 Å². The van der Waals surface area contributed by atoms with Crippen LogP contribution in [0.25, 0.3) is 0 Å². The van der Waals surface area contributed by atoms with Crippen LogP contribution in [0.4, 0.5) is 0 Å². The third-order valence-corrected chi connectivity index (χ3v) is 5.67. The highest BCUT2D eigenvalue weighted by Crippen LogP contribution is 2.26. The molecule has 2 aliphatic rings. The zero-order valence-electron chi connectivity index (χ0n) is 19.4. The summed E-state index contributed by atoms with van der Waals surface area (Å²) in [4.78, 5) is 21.9. The van der Waals surface area contributed by atoms with E-state index in [0.717, 1.165) is 16.8 Å². The molecule has 2 aliphatic heterocycles. The highest BCUT2D eigenvalue weighted by atomic mass is 16.3. The smallest absolute Gasteiger partial charge is 0.263 e. The van der Waals surface area contributed by atoms with Gasteiger partial charge in [-0.15, -0.1) is 0 Å². The summed E-state index contributed by atoms with van der Waals surface area (Å²) in [5, 5.41) is 35.7. The maximum atomic E-state index is 11.9. The minimum absolute atomic E-state index is 0.0261. The Morgan fingerprint density at radius 3 is 2.57 bits per heavy atom. The fraction of sp³-hybridized carbons (Fsp3) is 0.261. The van der Waals surface area contributed by atoms with Gasteiger partial charge in [0.2, 0.25) is 6.17 Å². The molecule has 4 rings (SSSR count). The van der Waals surface area contributed by atoms with Gasteiger partial charge in [0.05, 0.1) is 12.3 Å². The van der Waals surface area contributed by atoms with Crippen LogP contribution in [0.3, 0.4) is 0 Å². The lowest BCUT2D eigenvalue weighted by molar-refractivity contribution is -0.121. The predicted octanol–water partition coefficient (Wildman–Crippen LogP) is 0.189. The van der Waals surface area contributed by atoms with Gasteiger partial charge in [-0.25, -0.2) is 9.98 Å². The molecule has 0 radical (unpaired) electrons. The quantitative estimate of drug-likeness (QED) is 0.242. The van der Waals surface area contributed by atoms with E-state index in [1.807, 2.05) is 31.2 Å². The lowest BCUT2D eigenvalue weighted by Gasteiger charge is -2.25. The van der Waals surface area contributed by atoms with Crippen LogP contribution in [0.15, 0.2) is 58.0 Å². The van der Waals surface area contributed by atoms with Gasteiger partial charge in [0.25, 0.3) is 5.91 Å². The van der Waals surface area contributed by atoms with Gasteiger partial charge in [-0.05, 0) is 31.4 Å². The third-order valence-electron chi connectivity index (χ3n) is 5.67. The summed E-state index contributed by atoms with van der Waals surface area (Å²) in [6, 6.07) is 7.51. The van der Waals surface area contributed by atoms with Crippen molar-refractivity contribution in [1.29, 1.82) is 5.41 Å². The first-order chi connectivity index (χ1) is 16.7. The Hall–Kier alpha value is -4.45. The lowest BCUT2D eigenvalue weighted by Crippen LogP contribution is -2.39. The number of nitrogens with zero attached hydrogens (tertiary/aromatic N) is 5. The Morgan fingerprint density at radius 1 is 1.23 bits per heavy atom. The van der Waals surface area contributed by atoms with Crippen molar-refractivity contribution >= 4 is 23.3 Å². The summed E-state index contributed by atoms with van der Waals surface area (Å²) < 4.78 is 1.54. The zero-order valence-corrected chi connectivity index (χ0v) is 19.4. The second kappa shape index (κ2) is 9.43. The van der Waals surface area contributed by atoms with Crippen molar-refractivity contribution in [3.63, 3.8) is 0 Å². The van der Waals surface area contributed by atoms with Crippen molar-refractivity contribution in [1.82, 2.24) is 20.0 Å². The number of amides is 1. The average molecular weight is 478 g/mol. The molecule has 0 saturated heterocycles. The molecule has 1 amide bonds. The molecular weight excluding hydrogens is 450 g/mol. The molecule has 1 unspecified atom stereocenters. The number of hydrogen-bond donors (Lipinski definition) is 6. The Labute approximate surface area is 201 Å². The number of aryl methyl sites for hydroxylation is 3. The van der Waals surface area contributed by atoms with Crippen molar-refractivity contribution in [3.05, 3.63) is 70.6 Å². The summed E-state index contributed by atoms with van der Waals surface area (Å²) >= 11 is 0. The Kier molecular flexibility index (Phi) is 6.38. The number of aliphatic imine (C=N–C) groups is 2. The molecule has 0 saturated carbocycles. The number of carbonyl (C=O) groups is 1. The van der Waals surface area contributed by atoms with Gasteiger partial charge in [0, 0.05) is 24.6 Å². The monoisotopic (exact) mass is 477 g/mol. The SMILES string of the molecule is CC1=CN2C(=CN1)C(C(=N)N=C(N)c1c(O)c(C)nn1CCc1ccc(CO)cc1)=NC2C(N)=O. The van der Waals surface area contributed by atoms with E-state index >= 15 is 0 Å². The van der Waals surface area contributed by atoms with Gasteiger partial charge >= 0.3 is 0 Å². The molecule has 35 heavy (non-hydrogen) atoms. The summed E-state index contributed by atoms with van der Waals surface area (Å²) in [6.07, 6.45) is 2.89. The maximum Gasteiger partial charge on any atom is 0.263 e. The number of aliphatic hydroxyl groups excluding tert-OH is 1. The van der Waals surface area contributed by atoms with Crippen LogP contribution in [0, 0.1) is 12.3 Å². The van der Waals surface area contributed by atoms with Crippen molar-refractivity contribution in [2.24, 2.45) is 21.5 Å². The summed E-state index contributed by atoms with van der Waals surface area (Å²) in [7, 11) is 0. The van der Waals surface area contributed by atoms with E-state index < -0.39 is 12.1 Å². The first kappa shape index (κ1) is 23.7. The molecule has 3 heterocycles. The lowest BCUT2D eigenvalue weighted by atomic mass is 10.1. The number of amidine groups is 2. The average Bonchev–Trinajstić information content (AvgIpc) is 3.35. The van der Waals surface area contributed by atoms with Gasteiger partial charge in [-0.2, -0.15) is 5.10 Å². The molecule has 12 heteroatoms. The first-order valence-electron chi connectivity index (χ1n) is 10.9. The van der Waals surface area contributed by atoms with Crippen molar-refractivity contribution in [2.75, 3.05) is 0 Å². The van der Waals surface area contributed by atoms with Crippen molar-refractivity contribution in [3.8, 4) is 5.75 Å². The normalized spacial score (nSPS) is 17.3. The largest absolute Gasteiger partial charge is 0.504 e. The number of nitrogens with one attached hydrogen (secondary N) is 2. The molecule has 182 valence electrons. The number of benzene rings is 1. The number of hydrogen-bond acceptors (Lipinski definition) is 8. The van der Waals surface area contributed by atoms with Crippen LogP contribution < -0.4 is 16.8 Å². The molecule has 2 aromatic rings. The Balaban J connectivity index is 1.59. The number of aliphatic hydroxyl groups is 1. The molecule has 0 spiro atoms. The molecular formula is C23H27N9O3. The zero-order chi connectivity index (χ0) is 25.3. The molecule has 1 atom stereocenters. The van der Waals surface area contributed by atoms with E-state index in [1.54, 1.807) is 28.9 Å².